The summed E-state index contributed by atoms with van der Waals surface area (Å²) in [5, 5.41) is 2.92. The monoisotopic (exact) mass is 354 g/mol. The van der Waals surface area contributed by atoms with Crippen molar-refractivity contribution in [2.45, 2.75) is 19.9 Å². The second-order valence-electron chi connectivity index (χ2n) is 6.24. The molecule has 2 aromatic carbocycles. The number of ether oxygens (including phenoxy) is 1. The number of likely N-dealkylation sites (N-methyl/N-ethyl adjacent to an activating group) is 1. The number of hydrogen-bond donors (Lipinski definition) is 1. The first kappa shape index (κ1) is 18.0. The number of hydrogen-bond acceptors (Lipinski definition) is 3. The fraction of sp³-hybridized carbons (Fsp3) is 0.286. The van der Waals surface area contributed by atoms with Crippen molar-refractivity contribution in [1.82, 2.24) is 5.32 Å². The highest BCUT2D eigenvalue weighted by Gasteiger charge is 2.18. The highest BCUT2D eigenvalue weighted by molar-refractivity contribution is 5.92. The second-order valence-corrected chi connectivity index (χ2v) is 6.24. The Bertz CT molecular complexity index is 819. The molecule has 0 aromatic heterocycles. The second kappa shape index (κ2) is 8.04. The van der Waals surface area contributed by atoms with Crippen LogP contribution < -0.4 is 15.0 Å². The number of carbonyl (C=O) groups excluding carboxylic acids is 1. The summed E-state index contributed by atoms with van der Waals surface area (Å²) < 4.78 is 19.3. The molecule has 4 nitrogen and oxygen atoms in total. The first-order valence-electron chi connectivity index (χ1n) is 8.83. The van der Waals surface area contributed by atoms with E-state index in [0.29, 0.717) is 12.2 Å². The molecule has 1 atom stereocenters. The summed E-state index contributed by atoms with van der Waals surface area (Å²) in [6.07, 6.45) is 2.84. The summed E-state index contributed by atoms with van der Waals surface area (Å²) in [5.41, 5.74) is 2.44. The molecule has 0 saturated heterocycles. The lowest BCUT2D eigenvalue weighted by molar-refractivity contribution is -0.117. The molecule has 136 valence electrons. The third-order valence-electron chi connectivity index (χ3n) is 4.50. The molecule has 1 amide bonds. The van der Waals surface area contributed by atoms with Crippen molar-refractivity contribution in [2.24, 2.45) is 0 Å². The third kappa shape index (κ3) is 4.04. The minimum absolute atomic E-state index is 0.168. The van der Waals surface area contributed by atoms with Crippen molar-refractivity contribution in [1.29, 1.82) is 0 Å². The van der Waals surface area contributed by atoms with Gasteiger partial charge in [-0.05, 0) is 43.7 Å². The van der Waals surface area contributed by atoms with E-state index in [1.165, 1.54) is 18.2 Å². The van der Waals surface area contributed by atoms with E-state index in [9.17, 15) is 9.18 Å². The molecule has 0 aliphatic carbocycles. The van der Waals surface area contributed by atoms with E-state index in [1.54, 1.807) is 18.2 Å². The van der Waals surface area contributed by atoms with E-state index in [-0.39, 0.29) is 17.8 Å². The van der Waals surface area contributed by atoms with Crippen molar-refractivity contribution in [2.75, 3.05) is 24.6 Å². The zero-order valence-electron chi connectivity index (χ0n) is 15.0. The quantitative estimate of drug-likeness (QED) is 0.827. The van der Waals surface area contributed by atoms with Crippen LogP contribution in [0.3, 0.4) is 0 Å². The van der Waals surface area contributed by atoms with Crippen molar-refractivity contribution in [3.05, 3.63) is 65.5 Å². The summed E-state index contributed by atoms with van der Waals surface area (Å²) in [6, 6.07) is 12.2. The molecule has 1 heterocycles. The van der Waals surface area contributed by atoms with E-state index in [4.69, 9.17) is 4.74 Å². The smallest absolute Gasteiger partial charge is 0.244 e. The standard InChI is InChI=1S/C21H23FN2O2/c1-3-24-12-13-26-20-10-8-17(14-19(20)24)15(2)23-21(25)11-9-16-6-4-5-7-18(16)22/h4-11,14-15H,3,12-13H2,1-2H3,(H,23,25). The highest BCUT2D eigenvalue weighted by atomic mass is 19.1. The van der Waals surface area contributed by atoms with Gasteiger partial charge in [0.15, 0.2) is 0 Å². The van der Waals surface area contributed by atoms with Gasteiger partial charge in [-0.25, -0.2) is 4.39 Å². The van der Waals surface area contributed by atoms with Gasteiger partial charge in [-0.1, -0.05) is 24.3 Å². The minimum Gasteiger partial charge on any atom is -0.490 e. The van der Waals surface area contributed by atoms with Crippen molar-refractivity contribution in [3.8, 4) is 5.75 Å². The maximum atomic E-state index is 13.6. The fourth-order valence-electron chi connectivity index (χ4n) is 3.01. The zero-order valence-corrected chi connectivity index (χ0v) is 15.0. The van der Waals surface area contributed by atoms with Crippen LogP contribution in [0.1, 0.15) is 31.0 Å². The molecular formula is C21H23FN2O2. The Kier molecular flexibility index (Phi) is 5.56. The number of nitrogens with zero attached hydrogens (tertiary/aromatic N) is 1. The number of carbonyl (C=O) groups is 1. The average Bonchev–Trinajstić information content (AvgIpc) is 2.66. The van der Waals surface area contributed by atoms with E-state index in [2.05, 4.69) is 23.2 Å². The molecule has 0 fully saturated rings. The zero-order chi connectivity index (χ0) is 18.5. The van der Waals surface area contributed by atoms with Crippen LogP contribution in [-0.4, -0.2) is 25.6 Å². The molecule has 5 heteroatoms. The predicted molar refractivity (Wildman–Crippen MR) is 102 cm³/mol. The van der Waals surface area contributed by atoms with Gasteiger partial charge >= 0.3 is 0 Å². The SMILES string of the molecule is CCN1CCOc2ccc(C(C)NC(=O)C=Cc3ccccc3F)cc21. The van der Waals surface area contributed by atoms with Gasteiger partial charge in [-0.2, -0.15) is 0 Å². The third-order valence-corrected chi connectivity index (χ3v) is 4.50. The number of benzene rings is 2. The number of halogens is 1. The largest absolute Gasteiger partial charge is 0.490 e. The summed E-state index contributed by atoms with van der Waals surface area (Å²) in [4.78, 5) is 14.4. The van der Waals surface area contributed by atoms with Crippen molar-refractivity contribution >= 4 is 17.7 Å². The first-order valence-corrected chi connectivity index (χ1v) is 8.83. The molecule has 2 aromatic rings. The van der Waals surface area contributed by atoms with Crippen LogP contribution >= 0.6 is 0 Å². The van der Waals surface area contributed by atoms with E-state index < -0.39 is 0 Å². The minimum atomic E-state index is -0.348. The lowest BCUT2D eigenvalue weighted by atomic mass is 10.1. The Hall–Kier alpha value is -2.82. The lowest BCUT2D eigenvalue weighted by Gasteiger charge is -2.31. The van der Waals surface area contributed by atoms with Gasteiger partial charge in [0.1, 0.15) is 18.2 Å². The Labute approximate surface area is 153 Å². The summed E-state index contributed by atoms with van der Waals surface area (Å²) in [5.74, 6) is 0.265. The average molecular weight is 354 g/mol. The molecule has 1 N–H and O–H groups in total. The van der Waals surface area contributed by atoms with Crippen LogP contribution in [0.5, 0.6) is 5.75 Å². The van der Waals surface area contributed by atoms with Gasteiger partial charge in [-0.3, -0.25) is 4.79 Å². The Morgan fingerprint density at radius 1 is 1.35 bits per heavy atom. The van der Waals surface area contributed by atoms with Gasteiger partial charge in [0.25, 0.3) is 0 Å². The molecule has 1 unspecified atom stereocenters. The topological polar surface area (TPSA) is 41.6 Å². The summed E-state index contributed by atoms with van der Waals surface area (Å²) >= 11 is 0. The maximum Gasteiger partial charge on any atom is 0.244 e. The Morgan fingerprint density at radius 3 is 2.92 bits per heavy atom. The van der Waals surface area contributed by atoms with Gasteiger partial charge in [-0.15, -0.1) is 0 Å². The molecule has 1 aliphatic rings. The number of amides is 1. The lowest BCUT2D eigenvalue weighted by Crippen LogP contribution is -2.32. The molecule has 0 radical (unpaired) electrons. The molecular weight excluding hydrogens is 331 g/mol. The predicted octanol–water partition coefficient (Wildman–Crippen LogP) is 3.94. The van der Waals surface area contributed by atoms with Crippen molar-refractivity contribution in [3.63, 3.8) is 0 Å². The van der Waals surface area contributed by atoms with Crippen LogP contribution in [0.25, 0.3) is 6.08 Å². The number of rotatable bonds is 5. The normalized spacial score (nSPS) is 14.7. The number of anilines is 1. The molecule has 3 rings (SSSR count). The fourth-order valence-corrected chi connectivity index (χ4v) is 3.01. The molecule has 0 spiro atoms. The van der Waals surface area contributed by atoms with Crippen LogP contribution in [0.15, 0.2) is 48.5 Å². The van der Waals surface area contributed by atoms with Gasteiger partial charge in [0.05, 0.1) is 18.3 Å². The maximum absolute atomic E-state index is 13.6. The van der Waals surface area contributed by atoms with Crippen LogP contribution in [0.4, 0.5) is 10.1 Å². The van der Waals surface area contributed by atoms with E-state index in [1.807, 2.05) is 19.1 Å². The van der Waals surface area contributed by atoms with Gasteiger partial charge in [0, 0.05) is 18.2 Å². The number of fused-ring (bicyclic) bond motifs is 1. The van der Waals surface area contributed by atoms with E-state index in [0.717, 1.165) is 30.1 Å². The molecule has 1 aliphatic heterocycles. The first-order chi connectivity index (χ1) is 12.6. The summed E-state index contributed by atoms with van der Waals surface area (Å²) in [7, 11) is 0. The Balaban J connectivity index is 1.69. The van der Waals surface area contributed by atoms with Crippen LogP contribution in [-0.2, 0) is 4.79 Å². The van der Waals surface area contributed by atoms with E-state index >= 15 is 0 Å². The van der Waals surface area contributed by atoms with Gasteiger partial charge in [0.2, 0.25) is 5.91 Å². The molecule has 0 saturated carbocycles. The van der Waals surface area contributed by atoms with Crippen LogP contribution in [0.2, 0.25) is 0 Å². The summed E-state index contributed by atoms with van der Waals surface area (Å²) in [6.45, 7) is 6.50. The van der Waals surface area contributed by atoms with Crippen molar-refractivity contribution < 1.29 is 13.9 Å². The number of nitrogens with one attached hydrogen (secondary N) is 1. The molecule has 26 heavy (non-hydrogen) atoms. The highest BCUT2D eigenvalue weighted by Crippen LogP contribution is 2.33. The van der Waals surface area contributed by atoms with Gasteiger partial charge < -0.3 is 15.0 Å². The van der Waals surface area contributed by atoms with Crippen LogP contribution in [0, 0.1) is 5.82 Å². The molecule has 0 bridgehead atoms. The Morgan fingerprint density at radius 2 is 2.15 bits per heavy atom.